The molecule has 152 valence electrons. The summed E-state index contributed by atoms with van der Waals surface area (Å²) < 4.78 is 6.89. The van der Waals surface area contributed by atoms with E-state index in [1.807, 2.05) is 18.2 Å². The number of furan rings is 1. The Morgan fingerprint density at radius 1 is 1.13 bits per heavy atom. The quantitative estimate of drug-likeness (QED) is 0.489. The predicted molar refractivity (Wildman–Crippen MR) is 112 cm³/mol. The third-order valence-corrected chi connectivity index (χ3v) is 5.18. The van der Waals surface area contributed by atoms with Crippen LogP contribution in [0.15, 0.2) is 53.1 Å². The fourth-order valence-corrected chi connectivity index (χ4v) is 3.25. The van der Waals surface area contributed by atoms with E-state index >= 15 is 0 Å². The number of pyridine rings is 1. The van der Waals surface area contributed by atoms with Crippen molar-refractivity contribution in [1.29, 1.82) is 0 Å². The largest absolute Gasteiger partial charge is 0.463 e. The van der Waals surface area contributed by atoms with Crippen molar-refractivity contribution < 1.29 is 14.0 Å². The summed E-state index contributed by atoms with van der Waals surface area (Å²) in [6, 6.07) is 12.4. The molecule has 0 fully saturated rings. The number of amides is 2. The van der Waals surface area contributed by atoms with Crippen molar-refractivity contribution in [2.24, 2.45) is 0 Å². The number of nitrogens with zero attached hydrogens (tertiary/aromatic N) is 3. The van der Waals surface area contributed by atoms with E-state index in [1.165, 1.54) is 10.9 Å². The fourth-order valence-electron chi connectivity index (χ4n) is 3.11. The molecule has 3 heterocycles. The van der Waals surface area contributed by atoms with E-state index in [0.717, 1.165) is 0 Å². The SMILES string of the molecule is Cc1nn(CC(=O)NNC(=O)c2cc(-c3ccco3)nc3ccccc23)c(C)c1Cl. The molecule has 4 aromatic rings. The number of rotatable bonds is 4. The van der Waals surface area contributed by atoms with Gasteiger partial charge in [-0.05, 0) is 38.1 Å². The smallest absolute Gasteiger partial charge is 0.270 e. The van der Waals surface area contributed by atoms with Crippen LogP contribution in [0.2, 0.25) is 5.02 Å². The van der Waals surface area contributed by atoms with Crippen LogP contribution in [-0.4, -0.2) is 26.6 Å². The van der Waals surface area contributed by atoms with Crippen molar-refractivity contribution in [3.05, 3.63) is 70.7 Å². The lowest BCUT2D eigenvalue weighted by molar-refractivity contribution is -0.122. The maximum atomic E-state index is 12.8. The Balaban J connectivity index is 1.54. The third-order valence-electron chi connectivity index (χ3n) is 4.64. The number of hydrazine groups is 1. The topological polar surface area (TPSA) is 102 Å². The normalized spacial score (nSPS) is 10.9. The van der Waals surface area contributed by atoms with Gasteiger partial charge in [0.05, 0.1) is 33.8 Å². The van der Waals surface area contributed by atoms with Crippen LogP contribution >= 0.6 is 11.6 Å². The lowest BCUT2D eigenvalue weighted by Crippen LogP contribution is -2.43. The summed E-state index contributed by atoms with van der Waals surface area (Å²) in [6.45, 7) is 3.46. The monoisotopic (exact) mass is 423 g/mol. The van der Waals surface area contributed by atoms with Crippen molar-refractivity contribution in [3.63, 3.8) is 0 Å². The summed E-state index contributed by atoms with van der Waals surface area (Å²) in [5.74, 6) is -0.364. The molecule has 0 aliphatic carbocycles. The van der Waals surface area contributed by atoms with Gasteiger partial charge in [0.1, 0.15) is 12.2 Å². The zero-order chi connectivity index (χ0) is 21.3. The number of hydrogen-bond acceptors (Lipinski definition) is 5. The number of hydrogen-bond donors (Lipinski definition) is 2. The molecular weight excluding hydrogens is 406 g/mol. The number of para-hydroxylation sites is 1. The van der Waals surface area contributed by atoms with Gasteiger partial charge in [0.15, 0.2) is 5.76 Å². The maximum Gasteiger partial charge on any atom is 0.270 e. The number of carbonyl (C=O) groups is 2. The number of aromatic nitrogens is 3. The highest BCUT2D eigenvalue weighted by atomic mass is 35.5. The first kappa shape index (κ1) is 19.7. The Kier molecular flexibility index (Phi) is 5.24. The Labute approximate surface area is 176 Å². The average molecular weight is 424 g/mol. The van der Waals surface area contributed by atoms with Gasteiger partial charge in [0.25, 0.3) is 11.8 Å². The lowest BCUT2D eigenvalue weighted by Gasteiger charge is -2.11. The van der Waals surface area contributed by atoms with Gasteiger partial charge in [0, 0.05) is 5.39 Å². The van der Waals surface area contributed by atoms with E-state index < -0.39 is 11.8 Å². The van der Waals surface area contributed by atoms with E-state index in [0.29, 0.717) is 44.3 Å². The molecule has 0 saturated carbocycles. The standard InChI is InChI=1S/C21H18ClN5O3/c1-12-20(22)13(2)27(26-12)11-19(28)24-25-21(29)15-10-17(18-8-5-9-30-18)23-16-7-4-3-6-14(15)16/h3-10H,11H2,1-2H3,(H,24,28)(H,25,29). The first-order valence-electron chi connectivity index (χ1n) is 9.16. The summed E-state index contributed by atoms with van der Waals surface area (Å²) in [5, 5.41) is 5.38. The van der Waals surface area contributed by atoms with Crippen LogP contribution in [0.3, 0.4) is 0 Å². The summed E-state index contributed by atoms with van der Waals surface area (Å²) in [6.07, 6.45) is 1.54. The van der Waals surface area contributed by atoms with Gasteiger partial charge in [-0.25, -0.2) is 4.98 Å². The number of aryl methyl sites for hydroxylation is 1. The van der Waals surface area contributed by atoms with Crippen molar-refractivity contribution >= 4 is 34.3 Å². The second-order valence-corrected chi connectivity index (χ2v) is 7.07. The second kappa shape index (κ2) is 8.00. The van der Waals surface area contributed by atoms with Gasteiger partial charge in [-0.2, -0.15) is 5.10 Å². The molecule has 0 spiro atoms. The van der Waals surface area contributed by atoms with Gasteiger partial charge in [-0.15, -0.1) is 0 Å². The zero-order valence-electron chi connectivity index (χ0n) is 16.3. The van der Waals surface area contributed by atoms with Crippen molar-refractivity contribution in [2.45, 2.75) is 20.4 Å². The Bertz CT molecular complexity index is 1250. The van der Waals surface area contributed by atoms with Crippen LogP contribution in [0.5, 0.6) is 0 Å². The van der Waals surface area contributed by atoms with E-state index in [4.69, 9.17) is 16.0 Å². The molecule has 2 amide bonds. The van der Waals surface area contributed by atoms with Crippen LogP contribution < -0.4 is 10.9 Å². The number of halogens is 1. The third kappa shape index (κ3) is 3.77. The summed E-state index contributed by atoms with van der Waals surface area (Å²) in [4.78, 5) is 29.7. The summed E-state index contributed by atoms with van der Waals surface area (Å²) in [5.41, 5.74) is 7.71. The van der Waals surface area contributed by atoms with Crippen molar-refractivity contribution in [3.8, 4) is 11.5 Å². The van der Waals surface area contributed by atoms with Crippen LogP contribution in [0.1, 0.15) is 21.7 Å². The highest BCUT2D eigenvalue weighted by Crippen LogP contribution is 2.25. The molecule has 1 aromatic carbocycles. The molecule has 4 rings (SSSR count). The van der Waals surface area contributed by atoms with Gasteiger partial charge in [-0.3, -0.25) is 25.1 Å². The Morgan fingerprint density at radius 3 is 2.63 bits per heavy atom. The summed E-state index contributed by atoms with van der Waals surface area (Å²) in [7, 11) is 0. The van der Waals surface area contributed by atoms with E-state index in [2.05, 4.69) is 20.9 Å². The second-order valence-electron chi connectivity index (χ2n) is 6.69. The molecule has 9 heteroatoms. The number of nitrogens with one attached hydrogen (secondary N) is 2. The van der Waals surface area contributed by atoms with Crippen LogP contribution in [0.4, 0.5) is 0 Å². The molecule has 3 aromatic heterocycles. The average Bonchev–Trinajstić information content (AvgIpc) is 3.37. The Hall–Kier alpha value is -3.65. The van der Waals surface area contributed by atoms with E-state index in [-0.39, 0.29) is 6.54 Å². The maximum absolute atomic E-state index is 12.8. The van der Waals surface area contributed by atoms with E-state index in [1.54, 1.807) is 38.1 Å². The van der Waals surface area contributed by atoms with Crippen LogP contribution in [0.25, 0.3) is 22.4 Å². The predicted octanol–water partition coefficient (Wildman–Crippen LogP) is 3.42. The van der Waals surface area contributed by atoms with Gasteiger partial charge in [0.2, 0.25) is 0 Å². The molecule has 8 nitrogen and oxygen atoms in total. The molecule has 2 N–H and O–H groups in total. The molecule has 0 aliphatic rings. The molecule has 30 heavy (non-hydrogen) atoms. The molecule has 0 radical (unpaired) electrons. The minimum atomic E-state index is -0.471. The van der Waals surface area contributed by atoms with E-state index in [9.17, 15) is 9.59 Å². The van der Waals surface area contributed by atoms with Gasteiger partial charge < -0.3 is 4.42 Å². The van der Waals surface area contributed by atoms with Crippen molar-refractivity contribution in [2.75, 3.05) is 0 Å². The molecule has 0 bridgehead atoms. The first-order valence-corrected chi connectivity index (χ1v) is 9.54. The highest BCUT2D eigenvalue weighted by molar-refractivity contribution is 6.31. The molecule has 0 atom stereocenters. The number of fused-ring (bicyclic) bond motifs is 1. The minimum Gasteiger partial charge on any atom is -0.463 e. The fraction of sp³-hybridized carbons (Fsp3) is 0.143. The van der Waals surface area contributed by atoms with Crippen LogP contribution in [-0.2, 0) is 11.3 Å². The van der Waals surface area contributed by atoms with Crippen molar-refractivity contribution in [1.82, 2.24) is 25.6 Å². The highest BCUT2D eigenvalue weighted by Gasteiger charge is 2.17. The molecular formula is C21H18ClN5O3. The zero-order valence-corrected chi connectivity index (χ0v) is 17.0. The minimum absolute atomic E-state index is 0.0750. The molecule has 0 unspecified atom stereocenters. The Morgan fingerprint density at radius 2 is 1.93 bits per heavy atom. The molecule has 0 aliphatic heterocycles. The molecule has 0 saturated heterocycles. The number of carbonyl (C=O) groups excluding carboxylic acids is 2. The summed E-state index contributed by atoms with van der Waals surface area (Å²) >= 11 is 6.10. The first-order chi connectivity index (χ1) is 14.4. The van der Waals surface area contributed by atoms with Gasteiger partial charge >= 0.3 is 0 Å². The van der Waals surface area contributed by atoms with Gasteiger partial charge in [-0.1, -0.05) is 29.8 Å². The lowest BCUT2D eigenvalue weighted by atomic mass is 10.1. The number of benzene rings is 1. The van der Waals surface area contributed by atoms with Crippen LogP contribution in [0, 0.1) is 13.8 Å².